The summed E-state index contributed by atoms with van der Waals surface area (Å²) in [6.07, 6.45) is 4.25. The van der Waals surface area contributed by atoms with Crippen molar-refractivity contribution in [3.05, 3.63) is 24.3 Å². The van der Waals surface area contributed by atoms with Gasteiger partial charge in [0.15, 0.2) is 0 Å². The van der Waals surface area contributed by atoms with E-state index in [1.54, 1.807) is 0 Å². The van der Waals surface area contributed by atoms with E-state index in [1.807, 2.05) is 20.8 Å². The molecular weight excluding hydrogens is 206 g/mol. The monoisotopic (exact) mass is 223 g/mol. The minimum Gasteiger partial charge on any atom is -0.394 e. The number of aromatic nitrogens is 2. The summed E-state index contributed by atoms with van der Waals surface area (Å²) in [6.45, 7) is 5.77. The molecule has 1 atom stereocenters. The second kappa shape index (κ2) is 5.03. The lowest BCUT2D eigenvalue weighted by atomic mass is 9.87. The maximum absolute atomic E-state index is 11.8. The third-order valence-corrected chi connectivity index (χ3v) is 2.36. The van der Waals surface area contributed by atoms with E-state index in [0.29, 0.717) is 5.56 Å². The molecule has 0 saturated heterocycles. The average Bonchev–Trinajstić information content (AvgIpc) is 2.25. The Kier molecular flexibility index (Phi) is 3.95. The van der Waals surface area contributed by atoms with Gasteiger partial charge in [0.05, 0.1) is 18.2 Å². The molecule has 0 fully saturated rings. The lowest BCUT2D eigenvalue weighted by molar-refractivity contribution is 0.0847. The molecule has 1 heterocycles. The number of amides is 1. The number of hydrogen-bond acceptors (Lipinski definition) is 4. The maximum Gasteiger partial charge on any atom is 0.254 e. The third kappa shape index (κ3) is 3.27. The van der Waals surface area contributed by atoms with Gasteiger partial charge < -0.3 is 10.4 Å². The van der Waals surface area contributed by atoms with Crippen LogP contribution in [0.1, 0.15) is 31.1 Å². The number of carbonyl (C=O) groups is 1. The molecule has 88 valence electrons. The highest BCUT2D eigenvalue weighted by molar-refractivity contribution is 5.93. The van der Waals surface area contributed by atoms with Crippen LogP contribution in [0.2, 0.25) is 0 Å². The fourth-order valence-corrected chi connectivity index (χ4v) is 1.19. The van der Waals surface area contributed by atoms with Crippen LogP contribution < -0.4 is 5.32 Å². The van der Waals surface area contributed by atoms with Crippen molar-refractivity contribution >= 4 is 5.91 Å². The van der Waals surface area contributed by atoms with Crippen LogP contribution in [0.25, 0.3) is 0 Å². The maximum atomic E-state index is 11.8. The van der Waals surface area contributed by atoms with Gasteiger partial charge in [-0.3, -0.25) is 4.79 Å². The Hall–Kier alpha value is -1.49. The zero-order valence-electron chi connectivity index (χ0n) is 9.77. The van der Waals surface area contributed by atoms with Gasteiger partial charge >= 0.3 is 0 Å². The van der Waals surface area contributed by atoms with Crippen molar-refractivity contribution in [2.24, 2.45) is 5.41 Å². The van der Waals surface area contributed by atoms with E-state index in [-0.39, 0.29) is 24.0 Å². The van der Waals surface area contributed by atoms with E-state index >= 15 is 0 Å². The van der Waals surface area contributed by atoms with Crippen LogP contribution in [0.4, 0.5) is 0 Å². The van der Waals surface area contributed by atoms with Crippen molar-refractivity contribution in [1.82, 2.24) is 15.3 Å². The number of rotatable bonds is 3. The van der Waals surface area contributed by atoms with Crippen molar-refractivity contribution in [3.63, 3.8) is 0 Å². The van der Waals surface area contributed by atoms with E-state index in [1.165, 1.54) is 18.7 Å². The van der Waals surface area contributed by atoms with Crippen LogP contribution in [-0.4, -0.2) is 33.6 Å². The van der Waals surface area contributed by atoms with E-state index in [9.17, 15) is 9.90 Å². The summed E-state index contributed by atoms with van der Waals surface area (Å²) in [5, 5.41) is 12.0. The minimum absolute atomic E-state index is 0.0943. The Balaban J connectivity index is 2.71. The van der Waals surface area contributed by atoms with Gasteiger partial charge in [0.1, 0.15) is 6.33 Å². The predicted octanol–water partition coefficient (Wildman–Crippen LogP) is 0.613. The fraction of sp³-hybridized carbons (Fsp3) is 0.545. The van der Waals surface area contributed by atoms with Crippen molar-refractivity contribution in [2.45, 2.75) is 26.8 Å². The molecular formula is C11H17N3O2. The number of aliphatic hydroxyl groups is 1. The van der Waals surface area contributed by atoms with Crippen LogP contribution in [0.5, 0.6) is 0 Å². The lowest BCUT2D eigenvalue weighted by Crippen LogP contribution is -2.46. The number of hydrogen-bond donors (Lipinski definition) is 2. The first-order chi connectivity index (χ1) is 7.45. The highest BCUT2D eigenvalue weighted by atomic mass is 16.3. The van der Waals surface area contributed by atoms with E-state index in [4.69, 9.17) is 0 Å². The second-order valence-corrected chi connectivity index (χ2v) is 4.70. The minimum atomic E-state index is -0.291. The Morgan fingerprint density at radius 3 is 2.44 bits per heavy atom. The van der Waals surface area contributed by atoms with E-state index < -0.39 is 0 Å². The molecule has 1 amide bonds. The highest BCUT2D eigenvalue weighted by Gasteiger charge is 2.25. The summed E-state index contributed by atoms with van der Waals surface area (Å²) in [5.74, 6) is -0.269. The fourth-order valence-electron chi connectivity index (χ4n) is 1.19. The van der Waals surface area contributed by atoms with Crippen LogP contribution in [0, 0.1) is 5.41 Å². The number of aliphatic hydroxyl groups excluding tert-OH is 1. The molecule has 1 aromatic heterocycles. The molecule has 0 aliphatic rings. The molecule has 0 bridgehead atoms. The molecule has 2 N–H and O–H groups in total. The zero-order chi connectivity index (χ0) is 12.2. The van der Waals surface area contributed by atoms with Crippen LogP contribution >= 0.6 is 0 Å². The molecule has 0 unspecified atom stereocenters. The summed E-state index contributed by atoms with van der Waals surface area (Å²) in [5.41, 5.74) is 0.199. The van der Waals surface area contributed by atoms with Gasteiger partial charge in [0.2, 0.25) is 0 Å². The summed E-state index contributed by atoms with van der Waals surface area (Å²) in [7, 11) is 0. The first-order valence-corrected chi connectivity index (χ1v) is 5.12. The molecule has 5 heteroatoms. The van der Waals surface area contributed by atoms with Crippen LogP contribution in [0.15, 0.2) is 18.7 Å². The number of carbonyl (C=O) groups excluding carboxylic acids is 1. The molecule has 5 nitrogen and oxygen atoms in total. The van der Waals surface area contributed by atoms with Gasteiger partial charge in [-0.15, -0.1) is 0 Å². The molecule has 0 aliphatic carbocycles. The molecule has 0 aromatic carbocycles. The van der Waals surface area contributed by atoms with E-state index in [2.05, 4.69) is 15.3 Å². The van der Waals surface area contributed by atoms with Gasteiger partial charge in [0.25, 0.3) is 5.91 Å². The molecule has 0 saturated carbocycles. The summed E-state index contributed by atoms with van der Waals surface area (Å²) in [4.78, 5) is 19.3. The number of nitrogens with one attached hydrogen (secondary N) is 1. The third-order valence-electron chi connectivity index (χ3n) is 2.36. The van der Waals surface area contributed by atoms with Gasteiger partial charge in [-0.05, 0) is 5.41 Å². The van der Waals surface area contributed by atoms with Gasteiger partial charge in [0, 0.05) is 12.4 Å². The normalized spacial score (nSPS) is 13.2. The van der Waals surface area contributed by atoms with Gasteiger partial charge in [-0.25, -0.2) is 9.97 Å². The largest absolute Gasteiger partial charge is 0.394 e. The summed E-state index contributed by atoms with van der Waals surface area (Å²) >= 11 is 0. The SMILES string of the molecule is CC(C)(C)[C@H](CO)NC(=O)c1cncnc1. The Morgan fingerprint density at radius 1 is 1.44 bits per heavy atom. The first kappa shape index (κ1) is 12.6. The molecule has 0 spiro atoms. The average molecular weight is 223 g/mol. The molecule has 0 radical (unpaired) electrons. The highest BCUT2D eigenvalue weighted by Crippen LogP contribution is 2.18. The van der Waals surface area contributed by atoms with Crippen LogP contribution in [0.3, 0.4) is 0 Å². The van der Waals surface area contributed by atoms with Gasteiger partial charge in [-0.1, -0.05) is 20.8 Å². The topological polar surface area (TPSA) is 75.1 Å². The smallest absolute Gasteiger partial charge is 0.254 e. The first-order valence-electron chi connectivity index (χ1n) is 5.12. The molecule has 16 heavy (non-hydrogen) atoms. The summed E-state index contributed by atoms with van der Waals surface area (Å²) in [6, 6.07) is -0.291. The molecule has 1 aromatic rings. The lowest BCUT2D eigenvalue weighted by Gasteiger charge is -2.29. The Bertz CT molecular complexity index is 346. The van der Waals surface area contributed by atoms with Crippen molar-refractivity contribution < 1.29 is 9.90 Å². The van der Waals surface area contributed by atoms with Gasteiger partial charge in [-0.2, -0.15) is 0 Å². The zero-order valence-corrected chi connectivity index (χ0v) is 9.77. The summed E-state index contributed by atoms with van der Waals surface area (Å²) < 4.78 is 0. The van der Waals surface area contributed by atoms with Crippen molar-refractivity contribution in [2.75, 3.05) is 6.61 Å². The predicted molar refractivity (Wildman–Crippen MR) is 59.8 cm³/mol. The molecule has 1 rings (SSSR count). The Morgan fingerprint density at radius 2 is 2.00 bits per heavy atom. The second-order valence-electron chi connectivity index (χ2n) is 4.70. The van der Waals surface area contributed by atoms with Crippen molar-refractivity contribution in [3.8, 4) is 0 Å². The van der Waals surface area contributed by atoms with Crippen LogP contribution in [-0.2, 0) is 0 Å². The Labute approximate surface area is 94.9 Å². The standard InChI is InChI=1S/C11H17N3O2/c1-11(2,3)9(6-15)14-10(16)8-4-12-7-13-5-8/h4-5,7,9,15H,6H2,1-3H3,(H,14,16)/t9-/m0/s1. The van der Waals surface area contributed by atoms with E-state index in [0.717, 1.165) is 0 Å². The van der Waals surface area contributed by atoms with Crippen molar-refractivity contribution in [1.29, 1.82) is 0 Å². The number of nitrogens with zero attached hydrogens (tertiary/aromatic N) is 2. The quantitative estimate of drug-likeness (QED) is 0.787. The molecule has 0 aliphatic heterocycles.